The van der Waals surface area contributed by atoms with Crippen LogP contribution in [0.1, 0.15) is 25.5 Å². The quantitative estimate of drug-likeness (QED) is 0.867. The first-order valence-electron chi connectivity index (χ1n) is 6.63. The summed E-state index contributed by atoms with van der Waals surface area (Å²) in [7, 11) is 0. The highest BCUT2D eigenvalue weighted by atomic mass is 16.4. The number of likely N-dealkylation sites (tertiary alicyclic amines) is 1. The van der Waals surface area contributed by atoms with Gasteiger partial charge in [0, 0.05) is 18.8 Å². The van der Waals surface area contributed by atoms with Crippen LogP contribution in [-0.4, -0.2) is 40.1 Å². The Kier molecular flexibility index (Phi) is 3.92. The maximum atomic E-state index is 12.2. The average Bonchev–Trinajstić information content (AvgIpc) is 2.41. The van der Waals surface area contributed by atoms with Crippen molar-refractivity contribution < 1.29 is 14.7 Å². The molecule has 2 N–H and O–H groups in total. The van der Waals surface area contributed by atoms with Crippen molar-refractivity contribution in [2.75, 3.05) is 18.4 Å². The number of carboxylic acid groups (broad SMARTS) is 1. The third-order valence-corrected chi connectivity index (χ3v) is 3.66. The molecule has 1 aliphatic rings. The highest BCUT2D eigenvalue weighted by Gasteiger charge is 2.39. The number of urea groups is 1. The Balaban J connectivity index is 2.02. The highest BCUT2D eigenvalue weighted by Crippen LogP contribution is 2.29. The van der Waals surface area contributed by atoms with E-state index >= 15 is 0 Å². The smallest absolute Gasteiger partial charge is 0.321 e. The summed E-state index contributed by atoms with van der Waals surface area (Å²) in [4.78, 5) is 29.1. The van der Waals surface area contributed by atoms with Crippen LogP contribution in [0, 0.1) is 12.3 Å². The number of nitrogens with zero attached hydrogens (tertiary/aromatic N) is 2. The monoisotopic (exact) mass is 277 g/mol. The normalized spacial score (nSPS) is 22.4. The molecule has 1 fully saturated rings. The van der Waals surface area contributed by atoms with E-state index in [0.29, 0.717) is 25.1 Å². The second-order valence-electron chi connectivity index (χ2n) is 5.51. The standard InChI is InChI=1S/C14H19N3O3/c1-10-4-5-11(8-15-10)16-13(20)17-7-3-6-14(2,9-17)12(18)19/h4-5,8H,3,6-7,9H2,1-2H3,(H,16,20)(H,18,19). The zero-order valence-electron chi connectivity index (χ0n) is 11.7. The highest BCUT2D eigenvalue weighted by molar-refractivity contribution is 5.89. The number of aliphatic carboxylic acids is 1. The van der Waals surface area contributed by atoms with E-state index in [1.165, 1.54) is 0 Å². The summed E-state index contributed by atoms with van der Waals surface area (Å²) in [5.74, 6) is -0.855. The van der Waals surface area contributed by atoms with Crippen LogP contribution >= 0.6 is 0 Å². The van der Waals surface area contributed by atoms with Crippen LogP contribution in [0.3, 0.4) is 0 Å². The molecule has 6 heteroatoms. The van der Waals surface area contributed by atoms with Gasteiger partial charge in [0.2, 0.25) is 0 Å². The molecule has 0 spiro atoms. The van der Waals surface area contributed by atoms with Gasteiger partial charge in [-0.25, -0.2) is 4.79 Å². The van der Waals surface area contributed by atoms with Crippen molar-refractivity contribution in [3.05, 3.63) is 24.0 Å². The lowest BCUT2D eigenvalue weighted by Gasteiger charge is -2.37. The number of carboxylic acids is 1. The zero-order valence-corrected chi connectivity index (χ0v) is 11.7. The molecule has 1 aliphatic heterocycles. The van der Waals surface area contributed by atoms with E-state index in [1.807, 2.05) is 13.0 Å². The molecule has 2 amide bonds. The number of anilines is 1. The number of amides is 2. The second-order valence-corrected chi connectivity index (χ2v) is 5.51. The second kappa shape index (κ2) is 5.48. The minimum Gasteiger partial charge on any atom is -0.481 e. The van der Waals surface area contributed by atoms with E-state index in [4.69, 9.17) is 0 Å². The van der Waals surface area contributed by atoms with Crippen molar-refractivity contribution in [1.29, 1.82) is 0 Å². The minimum absolute atomic E-state index is 0.230. The zero-order chi connectivity index (χ0) is 14.8. The molecular weight excluding hydrogens is 258 g/mol. The van der Waals surface area contributed by atoms with Crippen molar-refractivity contribution in [1.82, 2.24) is 9.88 Å². The van der Waals surface area contributed by atoms with Crippen LogP contribution in [0.2, 0.25) is 0 Å². The molecule has 1 atom stereocenters. The summed E-state index contributed by atoms with van der Waals surface area (Å²) < 4.78 is 0. The molecule has 2 heterocycles. The van der Waals surface area contributed by atoms with Gasteiger partial charge in [-0.1, -0.05) is 0 Å². The number of carbonyl (C=O) groups excluding carboxylic acids is 1. The lowest BCUT2D eigenvalue weighted by atomic mass is 9.82. The van der Waals surface area contributed by atoms with E-state index in [2.05, 4.69) is 10.3 Å². The maximum Gasteiger partial charge on any atom is 0.321 e. The predicted octanol–water partition coefficient (Wildman–Crippen LogP) is 2.11. The van der Waals surface area contributed by atoms with Gasteiger partial charge in [0.25, 0.3) is 0 Å². The first kappa shape index (κ1) is 14.3. The van der Waals surface area contributed by atoms with Crippen molar-refractivity contribution in [2.45, 2.75) is 26.7 Å². The van der Waals surface area contributed by atoms with Crippen molar-refractivity contribution >= 4 is 17.7 Å². The number of piperidine rings is 1. The summed E-state index contributed by atoms with van der Waals surface area (Å²) in [5, 5.41) is 12.0. The lowest BCUT2D eigenvalue weighted by molar-refractivity contribution is -0.150. The summed E-state index contributed by atoms with van der Waals surface area (Å²) in [6.07, 6.45) is 2.88. The molecule has 2 rings (SSSR count). The maximum absolute atomic E-state index is 12.2. The van der Waals surface area contributed by atoms with Gasteiger partial charge in [0.15, 0.2) is 0 Å². The third-order valence-electron chi connectivity index (χ3n) is 3.66. The third kappa shape index (κ3) is 3.07. The SMILES string of the molecule is Cc1ccc(NC(=O)N2CCCC(C)(C(=O)O)C2)cn1. The molecular formula is C14H19N3O3. The largest absolute Gasteiger partial charge is 0.481 e. The van der Waals surface area contributed by atoms with E-state index in [1.54, 1.807) is 24.1 Å². The molecule has 108 valence electrons. The first-order valence-corrected chi connectivity index (χ1v) is 6.63. The Morgan fingerprint density at radius 2 is 2.20 bits per heavy atom. The van der Waals surface area contributed by atoms with E-state index < -0.39 is 11.4 Å². The van der Waals surface area contributed by atoms with Gasteiger partial charge in [-0.3, -0.25) is 9.78 Å². The van der Waals surface area contributed by atoms with E-state index in [9.17, 15) is 14.7 Å². The van der Waals surface area contributed by atoms with E-state index in [0.717, 1.165) is 5.69 Å². The number of hydrogen-bond acceptors (Lipinski definition) is 3. The van der Waals surface area contributed by atoms with E-state index in [-0.39, 0.29) is 12.6 Å². The number of rotatable bonds is 2. The number of aromatic nitrogens is 1. The Hall–Kier alpha value is -2.11. The van der Waals surface area contributed by atoms with Gasteiger partial charge < -0.3 is 15.3 Å². The van der Waals surface area contributed by atoms with Gasteiger partial charge in [-0.15, -0.1) is 0 Å². The fourth-order valence-corrected chi connectivity index (χ4v) is 2.33. The minimum atomic E-state index is -0.860. The molecule has 0 aromatic carbocycles. The molecule has 20 heavy (non-hydrogen) atoms. The van der Waals surface area contributed by atoms with Crippen molar-refractivity contribution in [3.8, 4) is 0 Å². The van der Waals surface area contributed by atoms with Crippen LogP contribution in [0.25, 0.3) is 0 Å². The van der Waals surface area contributed by atoms with Gasteiger partial charge in [-0.05, 0) is 38.8 Å². The fourth-order valence-electron chi connectivity index (χ4n) is 2.33. The van der Waals surface area contributed by atoms with Crippen molar-refractivity contribution in [3.63, 3.8) is 0 Å². The fraction of sp³-hybridized carbons (Fsp3) is 0.500. The molecule has 1 aromatic heterocycles. The first-order chi connectivity index (χ1) is 9.40. The molecule has 0 bridgehead atoms. The van der Waals surface area contributed by atoms with Crippen LogP contribution in [0.4, 0.5) is 10.5 Å². The molecule has 0 radical (unpaired) electrons. The Labute approximate surface area is 117 Å². The average molecular weight is 277 g/mol. The Bertz CT molecular complexity index is 515. The lowest BCUT2D eigenvalue weighted by Crippen LogP contribution is -2.49. The molecule has 1 aromatic rings. The number of pyridine rings is 1. The number of nitrogens with one attached hydrogen (secondary N) is 1. The summed E-state index contributed by atoms with van der Waals surface area (Å²) in [5.41, 5.74) is 0.629. The summed E-state index contributed by atoms with van der Waals surface area (Å²) in [6.45, 7) is 4.36. The van der Waals surface area contributed by atoms with Gasteiger partial charge in [0.1, 0.15) is 0 Å². The number of aryl methyl sites for hydroxylation is 1. The van der Waals surface area contributed by atoms with Crippen molar-refractivity contribution in [2.24, 2.45) is 5.41 Å². The molecule has 6 nitrogen and oxygen atoms in total. The van der Waals surface area contributed by atoms with Crippen LogP contribution in [-0.2, 0) is 4.79 Å². The predicted molar refractivity (Wildman–Crippen MR) is 74.5 cm³/mol. The van der Waals surface area contributed by atoms with Crippen LogP contribution in [0.5, 0.6) is 0 Å². The van der Waals surface area contributed by atoms with Crippen LogP contribution in [0.15, 0.2) is 18.3 Å². The summed E-state index contributed by atoms with van der Waals surface area (Å²) in [6, 6.07) is 3.32. The number of carbonyl (C=O) groups is 2. The molecule has 1 unspecified atom stereocenters. The Morgan fingerprint density at radius 3 is 2.80 bits per heavy atom. The topological polar surface area (TPSA) is 82.5 Å². The van der Waals surface area contributed by atoms with Gasteiger partial charge in [-0.2, -0.15) is 0 Å². The summed E-state index contributed by atoms with van der Waals surface area (Å²) >= 11 is 0. The number of hydrogen-bond donors (Lipinski definition) is 2. The molecule has 1 saturated heterocycles. The van der Waals surface area contributed by atoms with Crippen LogP contribution < -0.4 is 5.32 Å². The van der Waals surface area contributed by atoms with Gasteiger partial charge >= 0.3 is 12.0 Å². The van der Waals surface area contributed by atoms with Gasteiger partial charge in [0.05, 0.1) is 17.3 Å². The molecule has 0 aliphatic carbocycles. The Morgan fingerprint density at radius 1 is 1.45 bits per heavy atom. The molecule has 0 saturated carbocycles.